The predicted molar refractivity (Wildman–Crippen MR) is 67.7 cm³/mol. The van der Waals surface area contributed by atoms with Gasteiger partial charge in [-0.15, -0.1) is 0 Å². The highest BCUT2D eigenvalue weighted by Crippen LogP contribution is 1.89. The maximum absolute atomic E-state index is 3.85. The van der Waals surface area contributed by atoms with Crippen LogP contribution in [0.1, 0.15) is 19.4 Å². The van der Waals surface area contributed by atoms with Crippen molar-refractivity contribution in [3.63, 3.8) is 0 Å². The fourth-order valence-electron chi connectivity index (χ4n) is 0.753. The third-order valence-corrected chi connectivity index (χ3v) is 1.52. The van der Waals surface area contributed by atoms with Gasteiger partial charge in [0.2, 0.25) is 0 Å². The first-order valence-electron chi connectivity index (χ1n) is 4.96. The van der Waals surface area contributed by atoms with E-state index in [0.717, 1.165) is 0 Å². The number of allylic oxidation sites excluding steroid dienone is 5. The van der Waals surface area contributed by atoms with Gasteiger partial charge >= 0.3 is 0 Å². The number of pyridine rings is 1. The largest absolute Gasteiger partial charge is 0.265 e. The molecule has 1 nitrogen and oxygen atoms in total. The Hall–Kier alpha value is -1.63. The smallest absolute Gasteiger partial charge is 0.0270 e. The molecule has 1 aromatic rings. The van der Waals surface area contributed by atoms with Crippen molar-refractivity contribution in [3.05, 3.63) is 66.5 Å². The van der Waals surface area contributed by atoms with E-state index < -0.39 is 0 Å². The summed E-state index contributed by atoms with van der Waals surface area (Å²) in [7, 11) is 0. The minimum atomic E-state index is 1.26. The molecular formula is C14H19N. The van der Waals surface area contributed by atoms with Crippen LogP contribution in [-0.4, -0.2) is 4.98 Å². The zero-order valence-corrected chi connectivity index (χ0v) is 9.77. The van der Waals surface area contributed by atoms with Crippen LogP contribution in [0.3, 0.4) is 0 Å². The molecule has 1 heterocycles. The van der Waals surface area contributed by atoms with Gasteiger partial charge < -0.3 is 0 Å². The second kappa shape index (κ2) is 8.95. The van der Waals surface area contributed by atoms with Crippen molar-refractivity contribution in [2.24, 2.45) is 0 Å². The molecule has 0 aliphatic carbocycles. The van der Waals surface area contributed by atoms with Crippen molar-refractivity contribution in [1.82, 2.24) is 4.98 Å². The van der Waals surface area contributed by atoms with Crippen LogP contribution >= 0.6 is 0 Å². The third-order valence-electron chi connectivity index (χ3n) is 1.52. The highest BCUT2D eigenvalue weighted by Gasteiger charge is 1.73. The minimum Gasteiger partial charge on any atom is -0.265 e. The van der Waals surface area contributed by atoms with E-state index in [1.165, 1.54) is 11.1 Å². The Bertz CT molecular complexity index is 316. The van der Waals surface area contributed by atoms with Crippen LogP contribution in [0, 0.1) is 6.92 Å². The lowest BCUT2D eigenvalue weighted by Gasteiger charge is -1.82. The van der Waals surface area contributed by atoms with E-state index in [9.17, 15) is 0 Å². The van der Waals surface area contributed by atoms with Gasteiger partial charge in [-0.2, -0.15) is 0 Å². The molecule has 0 fully saturated rings. The number of aryl methyl sites for hydroxylation is 1. The van der Waals surface area contributed by atoms with Crippen molar-refractivity contribution in [2.75, 3.05) is 0 Å². The number of rotatable bonds is 2. The fourth-order valence-corrected chi connectivity index (χ4v) is 0.753. The number of hydrogen-bond acceptors (Lipinski definition) is 1. The summed E-state index contributed by atoms with van der Waals surface area (Å²) in [6, 6.07) is 3.94. The lowest BCUT2D eigenvalue weighted by atomic mass is 10.3. The molecule has 0 N–H and O–H groups in total. The van der Waals surface area contributed by atoms with Crippen molar-refractivity contribution in [1.29, 1.82) is 0 Å². The molecule has 0 saturated heterocycles. The second-order valence-electron chi connectivity index (χ2n) is 3.39. The third kappa shape index (κ3) is 10.3. The molecular weight excluding hydrogens is 182 g/mol. The summed E-state index contributed by atoms with van der Waals surface area (Å²) in [4.78, 5) is 3.85. The Kier molecular flexibility index (Phi) is 7.97. The lowest BCUT2D eigenvalue weighted by molar-refractivity contribution is 1.29. The van der Waals surface area contributed by atoms with E-state index in [-0.39, 0.29) is 0 Å². The highest BCUT2D eigenvalue weighted by atomic mass is 14.6. The Morgan fingerprint density at radius 2 is 1.80 bits per heavy atom. The van der Waals surface area contributed by atoms with Crippen molar-refractivity contribution >= 4 is 0 Å². The monoisotopic (exact) mass is 201 g/mol. The maximum atomic E-state index is 3.85. The lowest BCUT2D eigenvalue weighted by Crippen LogP contribution is -1.68. The molecule has 0 aliphatic heterocycles. The molecule has 0 spiro atoms. The molecule has 1 heteroatoms. The quantitative estimate of drug-likeness (QED) is 0.657. The molecule has 1 aromatic heterocycles. The normalized spacial score (nSPS) is 9.00. The Morgan fingerprint density at radius 1 is 1.20 bits per heavy atom. The van der Waals surface area contributed by atoms with Crippen LogP contribution in [0.15, 0.2) is 61.0 Å². The zero-order chi connectivity index (χ0) is 11.5. The summed E-state index contributed by atoms with van der Waals surface area (Å²) in [5, 5.41) is 0. The fraction of sp³-hybridized carbons (Fsp3) is 0.214. The van der Waals surface area contributed by atoms with Gasteiger partial charge in [-0.3, -0.25) is 4.98 Å². The van der Waals surface area contributed by atoms with Crippen LogP contribution < -0.4 is 0 Å². The summed E-state index contributed by atoms with van der Waals surface area (Å²) < 4.78 is 0. The highest BCUT2D eigenvalue weighted by molar-refractivity contribution is 5.12. The first kappa shape index (κ1) is 13.4. The average molecular weight is 201 g/mol. The van der Waals surface area contributed by atoms with E-state index in [1.807, 2.05) is 37.3 Å². The molecule has 0 aromatic carbocycles. The molecule has 0 aliphatic rings. The molecule has 0 atom stereocenters. The average Bonchev–Trinajstić information content (AvgIpc) is 2.20. The maximum Gasteiger partial charge on any atom is 0.0270 e. The van der Waals surface area contributed by atoms with E-state index in [0.29, 0.717) is 0 Å². The summed E-state index contributed by atoms with van der Waals surface area (Å²) in [5.74, 6) is 0. The SMILES string of the molecule is C=C/C=C\C=C(C)C.Cc1ccncc1. The number of hydrogen-bond donors (Lipinski definition) is 0. The van der Waals surface area contributed by atoms with E-state index in [2.05, 4.69) is 25.4 Å². The van der Waals surface area contributed by atoms with Crippen LogP contribution in [0.2, 0.25) is 0 Å². The van der Waals surface area contributed by atoms with Crippen LogP contribution in [0.4, 0.5) is 0 Å². The Labute approximate surface area is 92.9 Å². The Balaban J connectivity index is 0.000000262. The molecule has 1 rings (SSSR count). The van der Waals surface area contributed by atoms with Gasteiger partial charge in [0, 0.05) is 12.4 Å². The first-order valence-corrected chi connectivity index (χ1v) is 4.96. The summed E-state index contributed by atoms with van der Waals surface area (Å²) in [6.07, 6.45) is 11.3. The van der Waals surface area contributed by atoms with Crippen molar-refractivity contribution in [3.8, 4) is 0 Å². The van der Waals surface area contributed by atoms with Gasteiger partial charge in [-0.25, -0.2) is 0 Å². The standard InChI is InChI=1S/C8H12.C6H7N/c1-4-5-6-7-8(2)3;1-6-2-4-7-5-3-6/h4-7H,1H2,2-3H3;2-5H,1H3/b6-5-;. The van der Waals surface area contributed by atoms with Crippen LogP contribution in [0.25, 0.3) is 0 Å². The van der Waals surface area contributed by atoms with Gasteiger partial charge in [0.05, 0.1) is 0 Å². The van der Waals surface area contributed by atoms with E-state index >= 15 is 0 Å². The zero-order valence-electron chi connectivity index (χ0n) is 9.77. The Morgan fingerprint density at radius 3 is 2.13 bits per heavy atom. The van der Waals surface area contributed by atoms with Gasteiger partial charge in [-0.1, -0.05) is 36.5 Å². The number of nitrogens with zero attached hydrogens (tertiary/aromatic N) is 1. The summed E-state index contributed by atoms with van der Waals surface area (Å²) >= 11 is 0. The first-order chi connectivity index (χ1) is 7.16. The second-order valence-corrected chi connectivity index (χ2v) is 3.39. The molecule has 0 unspecified atom stereocenters. The van der Waals surface area contributed by atoms with Crippen LogP contribution in [-0.2, 0) is 0 Å². The predicted octanol–water partition coefficient (Wildman–Crippen LogP) is 4.08. The van der Waals surface area contributed by atoms with Gasteiger partial charge in [0.15, 0.2) is 0 Å². The topological polar surface area (TPSA) is 12.9 Å². The molecule has 0 amide bonds. The van der Waals surface area contributed by atoms with E-state index in [1.54, 1.807) is 18.5 Å². The summed E-state index contributed by atoms with van der Waals surface area (Å²) in [6.45, 7) is 9.71. The van der Waals surface area contributed by atoms with Crippen molar-refractivity contribution < 1.29 is 0 Å². The summed E-state index contributed by atoms with van der Waals surface area (Å²) in [5.41, 5.74) is 2.57. The van der Waals surface area contributed by atoms with Gasteiger partial charge in [-0.05, 0) is 38.5 Å². The molecule has 80 valence electrons. The van der Waals surface area contributed by atoms with Gasteiger partial charge in [0.25, 0.3) is 0 Å². The van der Waals surface area contributed by atoms with Gasteiger partial charge in [0.1, 0.15) is 0 Å². The van der Waals surface area contributed by atoms with Crippen molar-refractivity contribution in [2.45, 2.75) is 20.8 Å². The number of aromatic nitrogens is 1. The molecule has 0 bridgehead atoms. The van der Waals surface area contributed by atoms with E-state index in [4.69, 9.17) is 0 Å². The minimum absolute atomic E-state index is 1.26. The van der Waals surface area contributed by atoms with Crippen LogP contribution in [0.5, 0.6) is 0 Å². The molecule has 0 saturated carbocycles. The molecule has 0 radical (unpaired) electrons. The molecule has 15 heavy (non-hydrogen) atoms.